The van der Waals surface area contributed by atoms with Crippen molar-refractivity contribution in [2.24, 2.45) is 11.8 Å². The first-order chi connectivity index (χ1) is 11.2. The Morgan fingerprint density at radius 1 is 1.30 bits per heavy atom. The number of amides is 1. The van der Waals surface area contributed by atoms with E-state index in [1.807, 2.05) is 13.1 Å². The van der Waals surface area contributed by atoms with Gasteiger partial charge in [0.25, 0.3) is 0 Å². The number of hydrogen-bond acceptors (Lipinski definition) is 3. The molecule has 23 heavy (non-hydrogen) atoms. The molecule has 4 nitrogen and oxygen atoms in total. The quantitative estimate of drug-likeness (QED) is 0.869. The minimum absolute atomic E-state index is 0.194. The molecule has 1 saturated heterocycles. The van der Waals surface area contributed by atoms with E-state index in [9.17, 15) is 4.79 Å². The van der Waals surface area contributed by atoms with Gasteiger partial charge >= 0.3 is 0 Å². The van der Waals surface area contributed by atoms with Crippen molar-refractivity contribution < 1.29 is 4.79 Å². The number of piperidine rings is 1. The van der Waals surface area contributed by atoms with Crippen LogP contribution >= 0.6 is 0 Å². The summed E-state index contributed by atoms with van der Waals surface area (Å²) >= 11 is 0. The summed E-state index contributed by atoms with van der Waals surface area (Å²) in [4.78, 5) is 18.9. The molecule has 124 valence electrons. The van der Waals surface area contributed by atoms with Crippen LogP contribution in [0.25, 0.3) is 0 Å². The number of carbonyl (C=O) groups excluding carboxylic acids is 1. The standard InChI is InChI=1S/C19H27N3O/c1-15-13-18(7-10-20-15)22-11-8-16(9-12-22)14-21-19(23)17-5-3-2-4-6-17/h2-3,7,10,13,16-17H,4-6,8-9,11-12,14H2,1H3,(H,21,23). The van der Waals surface area contributed by atoms with Gasteiger partial charge in [0, 0.05) is 43.1 Å². The number of nitrogens with zero attached hydrogens (tertiary/aromatic N) is 2. The molecule has 0 bridgehead atoms. The fourth-order valence-electron chi connectivity index (χ4n) is 3.54. The van der Waals surface area contributed by atoms with Crippen LogP contribution in [-0.4, -0.2) is 30.5 Å². The minimum atomic E-state index is 0.194. The van der Waals surface area contributed by atoms with Crippen molar-refractivity contribution >= 4 is 11.6 Å². The highest BCUT2D eigenvalue weighted by Gasteiger charge is 2.22. The van der Waals surface area contributed by atoms with Crippen molar-refractivity contribution in [3.05, 3.63) is 36.2 Å². The Hall–Kier alpha value is -1.84. The number of rotatable bonds is 4. The molecule has 0 saturated carbocycles. The smallest absolute Gasteiger partial charge is 0.223 e. The molecule has 1 unspecified atom stereocenters. The predicted molar refractivity (Wildman–Crippen MR) is 93.4 cm³/mol. The number of anilines is 1. The van der Waals surface area contributed by atoms with Crippen LogP contribution in [0.1, 0.15) is 37.8 Å². The fraction of sp³-hybridized carbons (Fsp3) is 0.579. The molecule has 1 atom stereocenters. The number of hydrogen-bond donors (Lipinski definition) is 1. The highest BCUT2D eigenvalue weighted by Crippen LogP contribution is 2.23. The van der Waals surface area contributed by atoms with Crippen molar-refractivity contribution in [3.63, 3.8) is 0 Å². The minimum Gasteiger partial charge on any atom is -0.371 e. The van der Waals surface area contributed by atoms with Crippen LogP contribution in [0.5, 0.6) is 0 Å². The Labute approximate surface area is 139 Å². The van der Waals surface area contributed by atoms with Gasteiger partial charge in [-0.1, -0.05) is 12.2 Å². The van der Waals surface area contributed by atoms with Crippen molar-refractivity contribution in [1.82, 2.24) is 10.3 Å². The summed E-state index contributed by atoms with van der Waals surface area (Å²) in [5.41, 5.74) is 2.34. The van der Waals surface area contributed by atoms with Crippen molar-refractivity contribution in [2.75, 3.05) is 24.5 Å². The number of pyridine rings is 1. The lowest BCUT2D eigenvalue weighted by Crippen LogP contribution is -2.40. The summed E-state index contributed by atoms with van der Waals surface area (Å²) in [6.45, 7) is 5.00. The van der Waals surface area contributed by atoms with Crippen LogP contribution < -0.4 is 10.2 Å². The maximum absolute atomic E-state index is 12.2. The molecule has 0 spiro atoms. The van der Waals surface area contributed by atoms with E-state index in [4.69, 9.17) is 0 Å². The van der Waals surface area contributed by atoms with Gasteiger partial charge in [-0.25, -0.2) is 0 Å². The molecule has 3 rings (SSSR count). The Bertz CT molecular complexity index is 561. The van der Waals surface area contributed by atoms with Gasteiger partial charge in [-0.3, -0.25) is 9.78 Å². The van der Waals surface area contributed by atoms with Gasteiger partial charge in [0.05, 0.1) is 0 Å². The van der Waals surface area contributed by atoms with Crippen molar-refractivity contribution in [3.8, 4) is 0 Å². The third-order valence-electron chi connectivity index (χ3n) is 5.06. The van der Waals surface area contributed by atoms with Crippen LogP contribution in [0.3, 0.4) is 0 Å². The van der Waals surface area contributed by atoms with Crippen molar-refractivity contribution in [2.45, 2.75) is 39.0 Å². The largest absolute Gasteiger partial charge is 0.371 e. The zero-order valence-electron chi connectivity index (χ0n) is 14.0. The number of nitrogens with one attached hydrogen (secondary N) is 1. The molecule has 1 aliphatic heterocycles. The molecule has 1 fully saturated rings. The molecule has 2 aliphatic rings. The van der Waals surface area contributed by atoms with E-state index in [1.54, 1.807) is 0 Å². The molecule has 0 aromatic carbocycles. The summed E-state index contributed by atoms with van der Waals surface area (Å²) in [6.07, 6.45) is 11.5. The Morgan fingerprint density at radius 3 is 2.83 bits per heavy atom. The zero-order chi connectivity index (χ0) is 16.1. The van der Waals surface area contributed by atoms with E-state index < -0.39 is 0 Å². The van der Waals surface area contributed by atoms with Crippen LogP contribution in [0, 0.1) is 18.8 Å². The molecule has 2 heterocycles. The summed E-state index contributed by atoms with van der Waals surface area (Å²) < 4.78 is 0. The van der Waals surface area contributed by atoms with Crippen LogP contribution in [0.15, 0.2) is 30.5 Å². The maximum Gasteiger partial charge on any atom is 0.223 e. The maximum atomic E-state index is 12.2. The van der Waals surface area contributed by atoms with Gasteiger partial charge in [-0.05, 0) is 57.1 Å². The Kier molecular flexibility index (Phi) is 5.31. The summed E-state index contributed by atoms with van der Waals surface area (Å²) in [6, 6.07) is 4.24. The van der Waals surface area contributed by atoms with E-state index in [0.29, 0.717) is 5.92 Å². The lowest BCUT2D eigenvalue weighted by atomic mass is 9.92. The van der Waals surface area contributed by atoms with Gasteiger partial charge in [0.15, 0.2) is 0 Å². The van der Waals surface area contributed by atoms with Gasteiger partial charge in [-0.15, -0.1) is 0 Å². The molecule has 1 aromatic rings. The topological polar surface area (TPSA) is 45.2 Å². The molecule has 0 radical (unpaired) electrons. The number of aromatic nitrogens is 1. The highest BCUT2D eigenvalue weighted by molar-refractivity contribution is 5.78. The molecule has 1 aliphatic carbocycles. The second-order valence-corrected chi connectivity index (χ2v) is 6.81. The number of carbonyl (C=O) groups is 1. The lowest BCUT2D eigenvalue weighted by Gasteiger charge is -2.34. The molecular formula is C19H27N3O. The summed E-state index contributed by atoms with van der Waals surface area (Å²) in [7, 11) is 0. The second kappa shape index (κ2) is 7.62. The molecular weight excluding hydrogens is 286 g/mol. The van der Waals surface area contributed by atoms with Gasteiger partial charge in [0.1, 0.15) is 0 Å². The van der Waals surface area contributed by atoms with E-state index in [0.717, 1.165) is 57.4 Å². The highest BCUT2D eigenvalue weighted by atomic mass is 16.1. The lowest BCUT2D eigenvalue weighted by molar-refractivity contribution is -0.125. The third kappa shape index (κ3) is 4.34. The van der Waals surface area contributed by atoms with Crippen LogP contribution in [0.2, 0.25) is 0 Å². The molecule has 4 heteroatoms. The monoisotopic (exact) mass is 313 g/mol. The van der Waals surface area contributed by atoms with E-state index in [2.05, 4.69) is 39.5 Å². The SMILES string of the molecule is Cc1cc(N2CCC(CNC(=O)C3CC=CCC3)CC2)ccn1. The summed E-state index contributed by atoms with van der Waals surface area (Å²) in [5.74, 6) is 1.05. The predicted octanol–water partition coefficient (Wildman–Crippen LogP) is 3.08. The Morgan fingerprint density at radius 2 is 2.13 bits per heavy atom. The zero-order valence-corrected chi connectivity index (χ0v) is 14.0. The molecule has 1 N–H and O–H groups in total. The first-order valence-corrected chi connectivity index (χ1v) is 8.82. The van der Waals surface area contributed by atoms with E-state index in [1.165, 1.54) is 5.69 Å². The normalized spacial score (nSPS) is 22.1. The van der Waals surface area contributed by atoms with Gasteiger partial charge in [0.2, 0.25) is 5.91 Å². The average molecular weight is 313 g/mol. The fourth-order valence-corrected chi connectivity index (χ4v) is 3.54. The van der Waals surface area contributed by atoms with Crippen LogP contribution in [-0.2, 0) is 4.79 Å². The van der Waals surface area contributed by atoms with Crippen molar-refractivity contribution in [1.29, 1.82) is 0 Å². The average Bonchev–Trinajstić information content (AvgIpc) is 2.61. The molecule has 1 aromatic heterocycles. The van der Waals surface area contributed by atoms with E-state index in [-0.39, 0.29) is 11.8 Å². The van der Waals surface area contributed by atoms with Crippen LogP contribution in [0.4, 0.5) is 5.69 Å². The van der Waals surface area contributed by atoms with Gasteiger partial charge in [-0.2, -0.15) is 0 Å². The van der Waals surface area contributed by atoms with E-state index >= 15 is 0 Å². The number of aryl methyl sites for hydroxylation is 1. The summed E-state index contributed by atoms with van der Waals surface area (Å²) in [5, 5.41) is 3.18. The Balaban J connectivity index is 1.42. The first kappa shape index (κ1) is 16.0. The third-order valence-corrected chi connectivity index (χ3v) is 5.06. The second-order valence-electron chi connectivity index (χ2n) is 6.81. The number of allylic oxidation sites excluding steroid dienone is 2. The first-order valence-electron chi connectivity index (χ1n) is 8.82. The van der Waals surface area contributed by atoms with Gasteiger partial charge < -0.3 is 10.2 Å². The molecule has 1 amide bonds.